The van der Waals surface area contributed by atoms with Crippen molar-refractivity contribution < 1.29 is 14.4 Å². The zero-order chi connectivity index (χ0) is 25.6. The topological polar surface area (TPSA) is 83.5 Å². The third-order valence-electron chi connectivity index (χ3n) is 7.30. The molecule has 5 rings (SSSR count). The first-order valence-electron chi connectivity index (χ1n) is 12.4. The average molecular weight is 492 g/mol. The Labute approximate surface area is 211 Å². The van der Waals surface area contributed by atoms with Crippen molar-refractivity contribution in [3.05, 3.63) is 47.2 Å². The van der Waals surface area contributed by atoms with E-state index in [1.165, 1.54) is 0 Å². The third-order valence-corrected chi connectivity index (χ3v) is 7.30. The van der Waals surface area contributed by atoms with Gasteiger partial charge in [-0.25, -0.2) is 14.6 Å². The quantitative estimate of drug-likeness (QED) is 0.656. The van der Waals surface area contributed by atoms with Gasteiger partial charge in [0.25, 0.3) is 5.91 Å². The van der Waals surface area contributed by atoms with E-state index in [1.54, 1.807) is 39.8 Å². The second-order valence-electron chi connectivity index (χ2n) is 9.85. The van der Waals surface area contributed by atoms with E-state index in [0.29, 0.717) is 69.3 Å². The molecule has 0 spiro atoms. The van der Waals surface area contributed by atoms with Gasteiger partial charge in [-0.05, 0) is 43.2 Å². The minimum Gasteiger partial charge on any atom is -0.353 e. The van der Waals surface area contributed by atoms with Gasteiger partial charge in [-0.3, -0.25) is 14.6 Å². The van der Waals surface area contributed by atoms with Crippen LogP contribution in [0.1, 0.15) is 21.5 Å². The Morgan fingerprint density at radius 3 is 2.03 bits per heavy atom. The zero-order valence-corrected chi connectivity index (χ0v) is 21.4. The molecule has 1 aromatic carbocycles. The second kappa shape index (κ2) is 9.33. The first kappa shape index (κ1) is 23.9. The van der Waals surface area contributed by atoms with Crippen molar-refractivity contribution in [2.45, 2.75) is 13.8 Å². The Balaban J connectivity index is 1.39. The number of carbonyl (C=O) groups is 3. The van der Waals surface area contributed by atoms with Crippen LogP contribution in [0.25, 0.3) is 0 Å². The van der Waals surface area contributed by atoms with Crippen molar-refractivity contribution in [3.8, 4) is 0 Å². The third kappa shape index (κ3) is 4.20. The number of pyridine rings is 1. The monoisotopic (exact) mass is 491 g/mol. The highest BCUT2D eigenvalue weighted by molar-refractivity contribution is 6.06. The molecule has 0 saturated carbocycles. The van der Waals surface area contributed by atoms with E-state index in [2.05, 4.69) is 22.9 Å². The predicted octanol–water partition coefficient (Wildman–Crippen LogP) is 2.40. The summed E-state index contributed by atoms with van der Waals surface area (Å²) in [5.41, 5.74) is 4.01. The Hall–Kier alpha value is -3.82. The van der Waals surface area contributed by atoms with Gasteiger partial charge in [0, 0.05) is 78.3 Å². The van der Waals surface area contributed by atoms with Gasteiger partial charge in [-0.1, -0.05) is 6.07 Å². The number of amides is 5. The number of urea groups is 2. The second-order valence-corrected chi connectivity index (χ2v) is 9.85. The highest BCUT2D eigenvalue weighted by Gasteiger charge is 2.34. The maximum absolute atomic E-state index is 13.7. The van der Waals surface area contributed by atoms with Crippen LogP contribution in [-0.4, -0.2) is 104 Å². The van der Waals surface area contributed by atoms with E-state index in [0.717, 1.165) is 16.9 Å². The van der Waals surface area contributed by atoms with Crippen LogP contribution in [0.3, 0.4) is 0 Å². The molecule has 0 atom stereocenters. The Morgan fingerprint density at radius 1 is 0.806 bits per heavy atom. The van der Waals surface area contributed by atoms with Gasteiger partial charge >= 0.3 is 12.1 Å². The number of aromatic nitrogens is 1. The van der Waals surface area contributed by atoms with Crippen LogP contribution in [0, 0.1) is 13.8 Å². The molecule has 3 aliphatic rings. The maximum Gasteiger partial charge on any atom is 0.324 e. The lowest BCUT2D eigenvalue weighted by Gasteiger charge is -2.36. The summed E-state index contributed by atoms with van der Waals surface area (Å²) in [4.78, 5) is 54.5. The number of benzene rings is 1. The minimum absolute atomic E-state index is 0.0824. The van der Waals surface area contributed by atoms with Gasteiger partial charge in [0.05, 0.1) is 11.3 Å². The maximum atomic E-state index is 13.7. The van der Waals surface area contributed by atoms with Gasteiger partial charge in [-0.15, -0.1) is 0 Å². The number of likely N-dealkylation sites (N-methyl/N-ethyl adjacent to an activating group) is 2. The number of aryl methyl sites for hydroxylation is 2. The average Bonchev–Trinajstić information content (AvgIpc) is 3.39. The molecule has 0 aliphatic carbocycles. The van der Waals surface area contributed by atoms with E-state index >= 15 is 0 Å². The summed E-state index contributed by atoms with van der Waals surface area (Å²) in [5.74, 6) is 0.862. The van der Waals surface area contributed by atoms with E-state index < -0.39 is 0 Å². The number of carbonyl (C=O) groups excluding carboxylic acids is 3. The zero-order valence-electron chi connectivity index (χ0n) is 21.4. The summed E-state index contributed by atoms with van der Waals surface area (Å²) >= 11 is 0. The van der Waals surface area contributed by atoms with E-state index in [4.69, 9.17) is 0 Å². The summed E-state index contributed by atoms with van der Waals surface area (Å²) in [6, 6.07) is 7.30. The van der Waals surface area contributed by atoms with Crippen LogP contribution in [0.15, 0.2) is 30.5 Å². The molecule has 0 bridgehead atoms. The van der Waals surface area contributed by atoms with E-state index in [1.807, 2.05) is 30.2 Å². The smallest absolute Gasteiger partial charge is 0.324 e. The molecule has 36 heavy (non-hydrogen) atoms. The molecule has 4 heterocycles. The number of hydrogen-bond acceptors (Lipinski definition) is 5. The van der Waals surface area contributed by atoms with Crippen molar-refractivity contribution in [1.29, 1.82) is 0 Å². The molecule has 0 radical (unpaired) electrons. The normalized spacial score (nSPS) is 18.7. The molecule has 5 amide bonds. The standard InChI is InChI=1S/C26H33N7O3/c1-18-15-19(2)23(27-17-18)30-9-11-31(12-10-30)24(34)21-6-5-20(32-13-7-28(3)25(32)35)16-22(21)33-14-8-29(4)26(33)36/h5-6,15-17H,7-14H2,1-4H3. The number of anilines is 3. The highest BCUT2D eigenvalue weighted by atomic mass is 16.2. The first-order valence-corrected chi connectivity index (χ1v) is 12.4. The van der Waals surface area contributed by atoms with Gasteiger partial charge in [0.2, 0.25) is 0 Å². The number of hydrogen-bond donors (Lipinski definition) is 0. The molecule has 190 valence electrons. The highest BCUT2D eigenvalue weighted by Crippen LogP contribution is 2.32. The van der Waals surface area contributed by atoms with Crippen LogP contribution in [-0.2, 0) is 0 Å². The summed E-state index contributed by atoms with van der Waals surface area (Å²) < 4.78 is 0. The molecule has 3 saturated heterocycles. The van der Waals surface area contributed by atoms with Crippen molar-refractivity contribution in [1.82, 2.24) is 19.7 Å². The Bertz CT molecular complexity index is 1210. The molecule has 0 N–H and O–H groups in total. The van der Waals surface area contributed by atoms with E-state index in [-0.39, 0.29) is 18.0 Å². The molecular weight excluding hydrogens is 458 g/mol. The summed E-state index contributed by atoms with van der Waals surface area (Å²) in [5, 5.41) is 0. The fourth-order valence-corrected chi connectivity index (χ4v) is 5.18. The molecule has 3 fully saturated rings. The molecule has 10 nitrogen and oxygen atoms in total. The van der Waals surface area contributed by atoms with Gasteiger partial charge in [0.15, 0.2) is 0 Å². The lowest BCUT2D eigenvalue weighted by atomic mass is 10.1. The first-order chi connectivity index (χ1) is 17.2. The lowest BCUT2D eigenvalue weighted by molar-refractivity contribution is 0.0747. The van der Waals surface area contributed by atoms with Crippen LogP contribution in [0.5, 0.6) is 0 Å². The SMILES string of the molecule is Cc1cnc(N2CCN(C(=O)c3ccc(N4CCN(C)C4=O)cc3N3CCN(C)C3=O)CC2)c(C)c1. The van der Waals surface area contributed by atoms with Crippen molar-refractivity contribution >= 4 is 35.2 Å². The predicted molar refractivity (Wildman–Crippen MR) is 139 cm³/mol. The van der Waals surface area contributed by atoms with Crippen molar-refractivity contribution in [2.24, 2.45) is 0 Å². The van der Waals surface area contributed by atoms with Gasteiger partial charge in [0.1, 0.15) is 5.82 Å². The van der Waals surface area contributed by atoms with Crippen LogP contribution < -0.4 is 14.7 Å². The molecule has 10 heteroatoms. The molecule has 0 unspecified atom stereocenters. The Morgan fingerprint density at radius 2 is 1.44 bits per heavy atom. The number of nitrogens with zero attached hydrogens (tertiary/aromatic N) is 7. The van der Waals surface area contributed by atoms with Crippen molar-refractivity contribution in [3.63, 3.8) is 0 Å². The molecule has 1 aromatic heterocycles. The molecular formula is C26H33N7O3. The largest absolute Gasteiger partial charge is 0.353 e. The summed E-state index contributed by atoms with van der Waals surface area (Å²) in [7, 11) is 3.53. The summed E-state index contributed by atoms with van der Waals surface area (Å²) in [6.45, 7) is 8.91. The fraction of sp³-hybridized carbons (Fsp3) is 0.462. The van der Waals surface area contributed by atoms with Crippen molar-refractivity contribution in [2.75, 3.05) is 81.2 Å². The van der Waals surface area contributed by atoms with Gasteiger partial charge < -0.3 is 19.6 Å². The van der Waals surface area contributed by atoms with Crippen LogP contribution in [0.4, 0.5) is 26.8 Å². The minimum atomic E-state index is -0.142. The Kier molecular flexibility index (Phi) is 6.19. The fourth-order valence-electron chi connectivity index (χ4n) is 5.18. The molecule has 3 aliphatic heterocycles. The molecule has 2 aromatic rings. The summed E-state index contributed by atoms with van der Waals surface area (Å²) in [6.07, 6.45) is 1.88. The number of rotatable bonds is 4. The number of piperazine rings is 1. The van der Waals surface area contributed by atoms with Crippen LogP contribution >= 0.6 is 0 Å². The van der Waals surface area contributed by atoms with Gasteiger partial charge in [-0.2, -0.15) is 0 Å². The lowest BCUT2D eigenvalue weighted by Crippen LogP contribution is -2.49. The van der Waals surface area contributed by atoms with Crippen LogP contribution in [0.2, 0.25) is 0 Å². The van der Waals surface area contributed by atoms with E-state index in [9.17, 15) is 14.4 Å².